The van der Waals surface area contributed by atoms with E-state index in [0.717, 1.165) is 18.5 Å². The van der Waals surface area contributed by atoms with Crippen LogP contribution in [0.5, 0.6) is 0 Å². The Morgan fingerprint density at radius 3 is 2.79 bits per heavy atom. The molecule has 5 rings (SSSR count). The number of thiophene rings is 1. The number of carbonyl (C=O) groups excluding carboxylic acids is 1. The smallest absolute Gasteiger partial charge is 0.323 e. The van der Waals surface area contributed by atoms with Crippen LogP contribution in [-0.4, -0.2) is 33.9 Å². The third kappa shape index (κ3) is 3.50. The molecule has 7 heteroatoms. The first-order chi connectivity index (χ1) is 14.2. The molecule has 1 aliphatic heterocycles. The predicted octanol–water partition coefficient (Wildman–Crippen LogP) is 3.50. The summed E-state index contributed by atoms with van der Waals surface area (Å²) in [5.41, 5.74) is 4.31. The third-order valence-corrected chi connectivity index (χ3v) is 6.32. The van der Waals surface area contributed by atoms with Crippen LogP contribution in [0, 0.1) is 0 Å². The normalized spacial score (nSPS) is 16.6. The molecule has 2 aromatic heterocycles. The number of aromatic nitrogens is 2. The fourth-order valence-electron chi connectivity index (χ4n) is 4.06. The lowest BCUT2D eigenvalue weighted by molar-refractivity contribution is -0.117. The Balaban J connectivity index is 1.37. The molecule has 6 nitrogen and oxygen atoms in total. The van der Waals surface area contributed by atoms with Crippen molar-refractivity contribution in [3.8, 4) is 0 Å². The summed E-state index contributed by atoms with van der Waals surface area (Å²) in [4.78, 5) is 33.3. The van der Waals surface area contributed by atoms with Crippen molar-refractivity contribution in [2.24, 2.45) is 0 Å². The molecule has 1 atom stereocenters. The van der Waals surface area contributed by atoms with Gasteiger partial charge in [0.25, 0.3) is 0 Å². The quantitative estimate of drug-likeness (QED) is 0.487. The van der Waals surface area contributed by atoms with Gasteiger partial charge in [0.2, 0.25) is 5.91 Å². The average molecular weight is 404 g/mol. The van der Waals surface area contributed by atoms with Gasteiger partial charge in [0.05, 0.1) is 23.6 Å². The van der Waals surface area contributed by atoms with Gasteiger partial charge in [0, 0.05) is 17.1 Å². The summed E-state index contributed by atoms with van der Waals surface area (Å²) in [7, 11) is 0. The van der Waals surface area contributed by atoms with Crippen LogP contribution in [0.3, 0.4) is 0 Å². The molecule has 146 valence electrons. The highest BCUT2D eigenvalue weighted by Gasteiger charge is 2.30. The Morgan fingerprint density at radius 1 is 1.10 bits per heavy atom. The number of hydrogen-bond acceptors (Lipinski definition) is 4. The zero-order valence-corrected chi connectivity index (χ0v) is 16.5. The van der Waals surface area contributed by atoms with Gasteiger partial charge in [0.1, 0.15) is 0 Å². The number of H-pyrrole nitrogens is 2. The lowest BCUT2D eigenvalue weighted by Gasteiger charge is -2.35. The van der Waals surface area contributed by atoms with Gasteiger partial charge >= 0.3 is 5.69 Å². The van der Waals surface area contributed by atoms with Crippen molar-refractivity contribution in [1.82, 2.24) is 14.9 Å². The van der Waals surface area contributed by atoms with Gasteiger partial charge < -0.3 is 15.3 Å². The lowest BCUT2D eigenvalue weighted by Crippen LogP contribution is -2.40. The molecule has 4 aromatic rings. The van der Waals surface area contributed by atoms with Crippen LogP contribution in [0.1, 0.15) is 22.0 Å². The SMILES string of the molecule is O=C(CN1CCc2sccc2C1c1ccccc1)Nc1ccc2[nH]c(=O)[nH]c2c1. The maximum Gasteiger partial charge on any atom is 0.323 e. The molecule has 1 amide bonds. The number of imidazole rings is 1. The molecule has 0 bridgehead atoms. The van der Waals surface area contributed by atoms with Gasteiger partial charge in [-0.2, -0.15) is 0 Å². The van der Waals surface area contributed by atoms with Crippen molar-refractivity contribution in [3.63, 3.8) is 0 Å². The second-order valence-corrected chi connectivity index (χ2v) is 8.22. The Morgan fingerprint density at radius 2 is 1.93 bits per heavy atom. The van der Waals surface area contributed by atoms with E-state index in [1.54, 1.807) is 29.5 Å². The van der Waals surface area contributed by atoms with E-state index in [-0.39, 0.29) is 17.6 Å². The summed E-state index contributed by atoms with van der Waals surface area (Å²) in [6, 6.07) is 18.0. The third-order valence-electron chi connectivity index (χ3n) is 5.33. The topological polar surface area (TPSA) is 81.0 Å². The molecular weight excluding hydrogens is 384 g/mol. The van der Waals surface area contributed by atoms with Crippen LogP contribution >= 0.6 is 11.3 Å². The van der Waals surface area contributed by atoms with E-state index in [1.807, 2.05) is 18.2 Å². The second-order valence-electron chi connectivity index (χ2n) is 7.22. The first kappa shape index (κ1) is 17.9. The minimum absolute atomic E-state index is 0.0677. The summed E-state index contributed by atoms with van der Waals surface area (Å²) in [6.45, 7) is 1.14. The lowest BCUT2D eigenvalue weighted by atomic mass is 9.93. The van der Waals surface area contributed by atoms with Gasteiger partial charge in [-0.3, -0.25) is 9.69 Å². The zero-order chi connectivity index (χ0) is 19.8. The summed E-state index contributed by atoms with van der Waals surface area (Å²) in [5.74, 6) is -0.0677. The van der Waals surface area contributed by atoms with Crippen molar-refractivity contribution in [3.05, 3.63) is 86.5 Å². The highest BCUT2D eigenvalue weighted by atomic mass is 32.1. The number of benzene rings is 2. The summed E-state index contributed by atoms with van der Waals surface area (Å²) in [5, 5.41) is 5.10. The molecule has 3 N–H and O–H groups in total. The first-order valence-electron chi connectivity index (χ1n) is 9.54. The van der Waals surface area contributed by atoms with Crippen molar-refractivity contribution < 1.29 is 4.79 Å². The Kier molecular flexibility index (Phi) is 4.54. The Hall–Kier alpha value is -3.16. The molecule has 29 heavy (non-hydrogen) atoms. The molecule has 2 aromatic carbocycles. The highest BCUT2D eigenvalue weighted by molar-refractivity contribution is 7.10. The largest absolute Gasteiger partial charge is 0.325 e. The maximum atomic E-state index is 12.8. The molecule has 0 saturated carbocycles. The van der Waals surface area contributed by atoms with Crippen LogP contribution in [0.25, 0.3) is 11.0 Å². The number of fused-ring (bicyclic) bond motifs is 2. The summed E-state index contributed by atoms with van der Waals surface area (Å²) in [6.07, 6.45) is 0.958. The van der Waals surface area contributed by atoms with Gasteiger partial charge in [-0.05, 0) is 47.2 Å². The van der Waals surface area contributed by atoms with Crippen LogP contribution in [0.2, 0.25) is 0 Å². The minimum Gasteiger partial charge on any atom is -0.325 e. The molecule has 0 spiro atoms. The fourth-order valence-corrected chi connectivity index (χ4v) is 4.96. The molecule has 1 unspecified atom stereocenters. The van der Waals surface area contributed by atoms with Crippen molar-refractivity contribution in [1.29, 1.82) is 0 Å². The van der Waals surface area contributed by atoms with Gasteiger partial charge in [-0.25, -0.2) is 4.79 Å². The van der Waals surface area contributed by atoms with Crippen molar-refractivity contribution in [2.75, 3.05) is 18.4 Å². The maximum absolute atomic E-state index is 12.8. The zero-order valence-electron chi connectivity index (χ0n) is 15.6. The number of nitrogens with zero attached hydrogens (tertiary/aromatic N) is 1. The van der Waals surface area contributed by atoms with E-state index in [0.29, 0.717) is 17.7 Å². The Labute approximate surface area is 171 Å². The van der Waals surface area contributed by atoms with E-state index in [9.17, 15) is 9.59 Å². The minimum atomic E-state index is -0.255. The monoisotopic (exact) mass is 404 g/mol. The summed E-state index contributed by atoms with van der Waals surface area (Å²) < 4.78 is 0. The van der Waals surface area contributed by atoms with E-state index in [2.05, 4.69) is 43.8 Å². The van der Waals surface area contributed by atoms with Gasteiger partial charge in [-0.1, -0.05) is 30.3 Å². The predicted molar refractivity (Wildman–Crippen MR) is 115 cm³/mol. The van der Waals surface area contributed by atoms with Crippen LogP contribution < -0.4 is 11.0 Å². The average Bonchev–Trinajstić information content (AvgIpc) is 3.33. The molecule has 0 radical (unpaired) electrons. The molecule has 0 fully saturated rings. The number of hydrogen-bond donors (Lipinski definition) is 3. The molecule has 3 heterocycles. The first-order valence-corrected chi connectivity index (χ1v) is 10.4. The number of rotatable bonds is 4. The van der Waals surface area contributed by atoms with Gasteiger partial charge in [-0.15, -0.1) is 11.3 Å². The second kappa shape index (κ2) is 7.35. The molecule has 0 aliphatic carbocycles. The van der Waals surface area contributed by atoms with Crippen molar-refractivity contribution in [2.45, 2.75) is 12.5 Å². The summed E-state index contributed by atoms with van der Waals surface area (Å²) >= 11 is 1.79. The number of aromatic amines is 2. The molecular formula is C22H20N4O2S. The number of amides is 1. The van der Waals surface area contributed by atoms with Crippen LogP contribution in [0.4, 0.5) is 5.69 Å². The highest BCUT2D eigenvalue weighted by Crippen LogP contribution is 2.37. The van der Waals surface area contributed by atoms with E-state index in [4.69, 9.17) is 0 Å². The van der Waals surface area contributed by atoms with Crippen LogP contribution in [-0.2, 0) is 11.2 Å². The fraction of sp³-hybridized carbons (Fsp3) is 0.182. The van der Waals surface area contributed by atoms with E-state index < -0.39 is 0 Å². The number of carbonyl (C=O) groups is 1. The number of anilines is 1. The van der Waals surface area contributed by atoms with E-state index >= 15 is 0 Å². The van der Waals surface area contributed by atoms with E-state index in [1.165, 1.54) is 16.0 Å². The van der Waals surface area contributed by atoms with Crippen molar-refractivity contribution >= 4 is 34.0 Å². The Bertz CT molecular complexity index is 1220. The van der Waals surface area contributed by atoms with Crippen LogP contribution in [0.15, 0.2) is 64.8 Å². The molecule has 1 aliphatic rings. The van der Waals surface area contributed by atoms with Gasteiger partial charge in [0.15, 0.2) is 0 Å². The molecule has 0 saturated heterocycles. The standard InChI is InChI=1S/C22H20N4O2S/c27-20(23-15-6-7-17-18(12-15)25-22(28)24-17)13-26-10-8-19-16(9-11-29-19)21(26)14-4-2-1-3-5-14/h1-7,9,11-12,21H,8,10,13H2,(H,23,27)(H2,24,25,28). The number of nitrogens with one attached hydrogen (secondary N) is 3.